The standard InChI is InChI=1S/C13H19N5O/c1-5-10-13(11(19)6-2)14-16-18(10)12-7-8-17(15-12)9(3)4/h7-9H,5-6H2,1-4H3. The van der Waals surface area contributed by atoms with Crippen LogP contribution in [0.1, 0.15) is 56.3 Å². The lowest BCUT2D eigenvalue weighted by Crippen LogP contribution is -2.08. The molecule has 0 aromatic carbocycles. The third-order valence-electron chi connectivity index (χ3n) is 3.02. The van der Waals surface area contributed by atoms with Gasteiger partial charge < -0.3 is 0 Å². The summed E-state index contributed by atoms with van der Waals surface area (Å²) < 4.78 is 3.51. The van der Waals surface area contributed by atoms with Gasteiger partial charge >= 0.3 is 0 Å². The van der Waals surface area contributed by atoms with Gasteiger partial charge in [-0.3, -0.25) is 9.48 Å². The van der Waals surface area contributed by atoms with E-state index in [4.69, 9.17) is 0 Å². The fourth-order valence-corrected chi connectivity index (χ4v) is 1.92. The number of rotatable bonds is 5. The van der Waals surface area contributed by atoms with Crippen LogP contribution < -0.4 is 0 Å². The average Bonchev–Trinajstić information content (AvgIpc) is 3.03. The van der Waals surface area contributed by atoms with Gasteiger partial charge in [0.25, 0.3) is 0 Å². The molecule has 0 amide bonds. The third-order valence-corrected chi connectivity index (χ3v) is 3.02. The first-order valence-electron chi connectivity index (χ1n) is 6.61. The average molecular weight is 261 g/mol. The molecule has 2 aromatic rings. The normalized spacial score (nSPS) is 11.2. The number of hydrogen-bond acceptors (Lipinski definition) is 4. The van der Waals surface area contributed by atoms with E-state index in [1.54, 1.807) is 4.68 Å². The zero-order chi connectivity index (χ0) is 14.0. The second-order valence-electron chi connectivity index (χ2n) is 4.67. The SMILES string of the molecule is CCC(=O)c1nnn(-c2ccn(C(C)C)n2)c1CC. The van der Waals surface area contributed by atoms with E-state index >= 15 is 0 Å². The molecule has 0 aliphatic heterocycles. The number of ketones is 1. The molecule has 0 unspecified atom stereocenters. The molecule has 0 spiro atoms. The van der Waals surface area contributed by atoms with Crippen molar-refractivity contribution in [1.82, 2.24) is 24.8 Å². The molecule has 0 atom stereocenters. The van der Waals surface area contributed by atoms with Crippen molar-refractivity contribution in [1.29, 1.82) is 0 Å². The van der Waals surface area contributed by atoms with Gasteiger partial charge in [0, 0.05) is 24.7 Å². The Bertz CT molecular complexity index is 582. The highest BCUT2D eigenvalue weighted by Crippen LogP contribution is 2.15. The van der Waals surface area contributed by atoms with Crippen LogP contribution in [-0.2, 0) is 6.42 Å². The molecule has 6 nitrogen and oxygen atoms in total. The fraction of sp³-hybridized carbons (Fsp3) is 0.538. The summed E-state index contributed by atoms with van der Waals surface area (Å²) in [4.78, 5) is 11.8. The molecule has 0 aliphatic carbocycles. The number of nitrogens with zero attached hydrogens (tertiary/aromatic N) is 5. The minimum Gasteiger partial charge on any atom is -0.292 e. The van der Waals surface area contributed by atoms with Crippen molar-refractivity contribution in [3.8, 4) is 5.82 Å². The molecule has 0 fully saturated rings. The topological polar surface area (TPSA) is 65.6 Å². The van der Waals surface area contributed by atoms with Crippen molar-refractivity contribution in [3.63, 3.8) is 0 Å². The molecule has 0 saturated carbocycles. The van der Waals surface area contributed by atoms with Crippen LogP contribution in [0.3, 0.4) is 0 Å². The smallest absolute Gasteiger partial charge is 0.184 e. The minimum atomic E-state index is 0.0198. The van der Waals surface area contributed by atoms with Crippen LogP contribution in [0.15, 0.2) is 12.3 Å². The van der Waals surface area contributed by atoms with E-state index in [1.165, 1.54) is 0 Å². The Balaban J connectivity index is 2.44. The first-order valence-corrected chi connectivity index (χ1v) is 6.61. The van der Waals surface area contributed by atoms with E-state index in [9.17, 15) is 4.79 Å². The van der Waals surface area contributed by atoms with E-state index in [1.807, 2.05) is 30.8 Å². The van der Waals surface area contributed by atoms with Crippen molar-refractivity contribution in [2.24, 2.45) is 0 Å². The summed E-state index contributed by atoms with van der Waals surface area (Å²) in [5.41, 5.74) is 1.28. The Hall–Kier alpha value is -1.98. The maximum atomic E-state index is 11.8. The molecule has 2 aromatic heterocycles. The zero-order valence-electron chi connectivity index (χ0n) is 11.8. The molecular formula is C13H19N5O. The molecule has 19 heavy (non-hydrogen) atoms. The van der Waals surface area contributed by atoms with Crippen LogP contribution >= 0.6 is 0 Å². The van der Waals surface area contributed by atoms with Gasteiger partial charge in [-0.2, -0.15) is 9.78 Å². The van der Waals surface area contributed by atoms with E-state index in [0.717, 1.165) is 5.69 Å². The summed E-state index contributed by atoms with van der Waals surface area (Å²) in [6.07, 6.45) is 3.04. The third kappa shape index (κ3) is 2.43. The summed E-state index contributed by atoms with van der Waals surface area (Å²) in [5.74, 6) is 0.722. The molecule has 2 rings (SSSR count). The molecule has 6 heteroatoms. The van der Waals surface area contributed by atoms with Gasteiger partial charge in [0.2, 0.25) is 0 Å². The molecule has 0 N–H and O–H groups in total. The molecule has 0 bridgehead atoms. The first-order chi connectivity index (χ1) is 9.08. The van der Waals surface area contributed by atoms with Gasteiger partial charge in [-0.25, -0.2) is 0 Å². The largest absolute Gasteiger partial charge is 0.292 e. The van der Waals surface area contributed by atoms with Crippen LogP contribution in [0.2, 0.25) is 0 Å². The number of hydrogen-bond donors (Lipinski definition) is 0. The minimum absolute atomic E-state index is 0.0198. The summed E-state index contributed by atoms with van der Waals surface area (Å²) in [6, 6.07) is 2.17. The highest BCUT2D eigenvalue weighted by atomic mass is 16.1. The van der Waals surface area contributed by atoms with Crippen molar-refractivity contribution < 1.29 is 4.79 Å². The second kappa shape index (κ2) is 5.34. The molecule has 0 saturated heterocycles. The second-order valence-corrected chi connectivity index (χ2v) is 4.67. The van der Waals surface area contributed by atoms with E-state index < -0.39 is 0 Å². The van der Waals surface area contributed by atoms with Crippen molar-refractivity contribution >= 4 is 5.78 Å². The van der Waals surface area contributed by atoms with Crippen molar-refractivity contribution in [2.45, 2.75) is 46.6 Å². The van der Waals surface area contributed by atoms with E-state index in [2.05, 4.69) is 29.3 Å². The summed E-state index contributed by atoms with van der Waals surface area (Å²) in [6.45, 7) is 7.94. The van der Waals surface area contributed by atoms with Gasteiger partial charge in [0.1, 0.15) is 0 Å². The highest BCUT2D eigenvalue weighted by Gasteiger charge is 2.19. The van der Waals surface area contributed by atoms with E-state index in [-0.39, 0.29) is 5.78 Å². The number of Topliss-reactive ketones (excluding diaryl/α,β-unsaturated/α-hetero) is 1. The maximum Gasteiger partial charge on any atom is 0.184 e. The number of carbonyl (C=O) groups excluding carboxylic acids is 1. The maximum absolute atomic E-state index is 11.8. The number of carbonyl (C=O) groups is 1. The Morgan fingerprint density at radius 2 is 2.11 bits per heavy atom. The van der Waals surface area contributed by atoms with Gasteiger partial charge in [0.05, 0.1) is 5.69 Å². The van der Waals surface area contributed by atoms with Gasteiger partial charge in [0.15, 0.2) is 17.3 Å². The highest BCUT2D eigenvalue weighted by molar-refractivity contribution is 5.95. The Kier molecular flexibility index (Phi) is 3.78. The van der Waals surface area contributed by atoms with Crippen LogP contribution in [0.5, 0.6) is 0 Å². The molecule has 0 aliphatic rings. The van der Waals surface area contributed by atoms with Crippen molar-refractivity contribution in [3.05, 3.63) is 23.7 Å². The lowest BCUT2D eigenvalue weighted by molar-refractivity contribution is 0.0982. The monoisotopic (exact) mass is 261 g/mol. The summed E-state index contributed by atoms with van der Waals surface area (Å²) >= 11 is 0. The lowest BCUT2D eigenvalue weighted by atomic mass is 10.1. The Labute approximate surface area is 112 Å². The first kappa shape index (κ1) is 13.5. The molecule has 2 heterocycles. The number of aromatic nitrogens is 5. The molecule has 102 valence electrons. The summed E-state index contributed by atoms with van der Waals surface area (Å²) in [5, 5.41) is 12.5. The molecular weight excluding hydrogens is 242 g/mol. The predicted octanol–water partition coefficient (Wildman–Crippen LogP) is 2.20. The van der Waals surface area contributed by atoms with Crippen LogP contribution in [0.25, 0.3) is 5.82 Å². The Morgan fingerprint density at radius 3 is 2.63 bits per heavy atom. The quantitative estimate of drug-likeness (QED) is 0.774. The van der Waals surface area contributed by atoms with Gasteiger partial charge in [-0.1, -0.05) is 19.1 Å². The lowest BCUT2D eigenvalue weighted by Gasteiger charge is -2.05. The predicted molar refractivity (Wildman–Crippen MR) is 71.5 cm³/mol. The van der Waals surface area contributed by atoms with Crippen LogP contribution in [0.4, 0.5) is 0 Å². The summed E-state index contributed by atoms with van der Waals surface area (Å²) in [7, 11) is 0. The van der Waals surface area contributed by atoms with Crippen LogP contribution in [0, 0.1) is 0 Å². The fourth-order valence-electron chi connectivity index (χ4n) is 1.92. The molecule has 0 radical (unpaired) electrons. The van der Waals surface area contributed by atoms with Gasteiger partial charge in [-0.05, 0) is 20.3 Å². The Morgan fingerprint density at radius 1 is 1.37 bits per heavy atom. The van der Waals surface area contributed by atoms with Crippen molar-refractivity contribution in [2.75, 3.05) is 0 Å². The van der Waals surface area contributed by atoms with E-state index in [0.29, 0.717) is 30.4 Å². The zero-order valence-corrected chi connectivity index (χ0v) is 11.8. The van der Waals surface area contributed by atoms with Crippen LogP contribution in [-0.4, -0.2) is 30.6 Å². The van der Waals surface area contributed by atoms with Gasteiger partial charge in [-0.15, -0.1) is 5.10 Å².